The number of rotatable bonds is 3. The van der Waals surface area contributed by atoms with Crippen LogP contribution in [0.2, 0.25) is 0 Å². The fraction of sp³-hybridized carbons (Fsp3) is 0.733. The monoisotopic (exact) mass is 276 g/mol. The molecule has 20 heavy (non-hydrogen) atoms. The molecule has 3 rings (SSSR count). The van der Waals surface area contributed by atoms with E-state index in [1.54, 1.807) is 0 Å². The Kier molecular flexibility index (Phi) is 4.17. The van der Waals surface area contributed by atoms with Gasteiger partial charge in [0.15, 0.2) is 0 Å². The fourth-order valence-corrected chi connectivity index (χ4v) is 3.45. The smallest absolute Gasteiger partial charge is 0.149 e. The van der Waals surface area contributed by atoms with Gasteiger partial charge in [-0.2, -0.15) is 0 Å². The highest BCUT2D eigenvalue weighted by Crippen LogP contribution is 2.37. The van der Waals surface area contributed by atoms with Crippen LogP contribution in [0, 0.1) is 5.92 Å². The quantitative estimate of drug-likeness (QED) is 0.655. The minimum Gasteiger partial charge on any atom is -0.376 e. The van der Waals surface area contributed by atoms with Crippen molar-refractivity contribution in [2.24, 2.45) is 11.8 Å². The van der Waals surface area contributed by atoms with Gasteiger partial charge in [0.05, 0.1) is 18.9 Å². The maximum Gasteiger partial charge on any atom is 0.149 e. The Hall–Kier alpha value is -1.20. The maximum absolute atomic E-state index is 5.63. The van der Waals surface area contributed by atoms with Gasteiger partial charge in [-0.1, -0.05) is 26.2 Å². The van der Waals surface area contributed by atoms with E-state index >= 15 is 0 Å². The van der Waals surface area contributed by atoms with Gasteiger partial charge in [-0.25, -0.2) is 15.8 Å². The van der Waals surface area contributed by atoms with Crippen LogP contribution in [0.4, 0.5) is 5.82 Å². The van der Waals surface area contributed by atoms with Gasteiger partial charge < -0.3 is 10.2 Å². The first kappa shape index (κ1) is 13.8. The van der Waals surface area contributed by atoms with Gasteiger partial charge in [0, 0.05) is 17.9 Å². The van der Waals surface area contributed by atoms with Gasteiger partial charge >= 0.3 is 0 Å². The van der Waals surface area contributed by atoms with Crippen LogP contribution in [0.25, 0.3) is 0 Å². The van der Waals surface area contributed by atoms with E-state index in [0.717, 1.165) is 41.8 Å². The maximum atomic E-state index is 5.63. The predicted octanol–water partition coefficient (Wildman–Crippen LogP) is 2.52. The van der Waals surface area contributed by atoms with Crippen molar-refractivity contribution in [3.8, 4) is 0 Å². The third-order valence-corrected chi connectivity index (χ3v) is 4.70. The second-order valence-corrected chi connectivity index (χ2v) is 5.94. The average molecular weight is 276 g/mol. The summed E-state index contributed by atoms with van der Waals surface area (Å²) in [6, 6.07) is 0. The van der Waals surface area contributed by atoms with Crippen LogP contribution in [0.15, 0.2) is 0 Å². The number of hydrogen-bond donors (Lipinski definition) is 2. The Morgan fingerprint density at radius 3 is 3.05 bits per heavy atom. The van der Waals surface area contributed by atoms with E-state index in [4.69, 9.17) is 15.6 Å². The van der Waals surface area contributed by atoms with Crippen molar-refractivity contribution in [1.82, 2.24) is 9.97 Å². The molecule has 2 unspecified atom stereocenters. The second-order valence-electron chi connectivity index (χ2n) is 5.94. The molecule has 1 aromatic heterocycles. The van der Waals surface area contributed by atoms with Gasteiger partial charge in [-0.3, -0.25) is 0 Å². The lowest BCUT2D eigenvalue weighted by atomic mass is 9.80. The van der Waals surface area contributed by atoms with E-state index in [1.807, 2.05) is 0 Å². The number of nitrogens with one attached hydrogen (secondary N) is 1. The molecule has 5 nitrogen and oxygen atoms in total. The normalized spacial score (nSPS) is 26.1. The molecule has 2 heterocycles. The summed E-state index contributed by atoms with van der Waals surface area (Å²) in [6.45, 7) is 3.60. The van der Waals surface area contributed by atoms with Crippen LogP contribution >= 0.6 is 0 Å². The zero-order chi connectivity index (χ0) is 13.9. The van der Waals surface area contributed by atoms with Crippen LogP contribution < -0.4 is 11.3 Å². The number of ether oxygens (including phenoxy) is 1. The molecular weight excluding hydrogens is 252 g/mol. The molecular formula is C15H24N4O. The van der Waals surface area contributed by atoms with E-state index in [0.29, 0.717) is 12.5 Å². The third kappa shape index (κ3) is 2.65. The predicted molar refractivity (Wildman–Crippen MR) is 78.2 cm³/mol. The summed E-state index contributed by atoms with van der Waals surface area (Å²) in [5, 5.41) is 0. The van der Waals surface area contributed by atoms with Gasteiger partial charge in [0.1, 0.15) is 11.6 Å². The number of nitrogen functional groups attached to an aromatic ring is 1. The summed E-state index contributed by atoms with van der Waals surface area (Å²) >= 11 is 0. The van der Waals surface area contributed by atoms with Crippen LogP contribution in [0.3, 0.4) is 0 Å². The van der Waals surface area contributed by atoms with Crippen molar-refractivity contribution < 1.29 is 4.74 Å². The average Bonchev–Trinajstić information content (AvgIpc) is 2.53. The number of fused-ring (bicyclic) bond motifs is 1. The van der Waals surface area contributed by atoms with Gasteiger partial charge in [0.25, 0.3) is 0 Å². The zero-order valence-corrected chi connectivity index (χ0v) is 12.2. The molecule has 1 fully saturated rings. The highest BCUT2D eigenvalue weighted by Gasteiger charge is 2.26. The van der Waals surface area contributed by atoms with E-state index in [9.17, 15) is 0 Å². The van der Waals surface area contributed by atoms with Crippen molar-refractivity contribution in [2.45, 2.75) is 58.0 Å². The van der Waals surface area contributed by atoms with Crippen LogP contribution in [0.1, 0.15) is 62.0 Å². The Morgan fingerprint density at radius 2 is 2.25 bits per heavy atom. The molecule has 0 amide bonds. The van der Waals surface area contributed by atoms with E-state index in [1.165, 1.54) is 32.1 Å². The molecule has 0 bridgehead atoms. The first-order chi connectivity index (χ1) is 9.81. The lowest BCUT2D eigenvalue weighted by Crippen LogP contribution is -2.23. The van der Waals surface area contributed by atoms with E-state index in [-0.39, 0.29) is 0 Å². The largest absolute Gasteiger partial charge is 0.376 e. The Labute approximate surface area is 120 Å². The number of anilines is 1. The third-order valence-electron chi connectivity index (χ3n) is 4.70. The van der Waals surface area contributed by atoms with Crippen molar-refractivity contribution in [3.05, 3.63) is 17.1 Å². The number of nitrogens with two attached hydrogens (primary N) is 1. The van der Waals surface area contributed by atoms with Crippen LogP contribution in [0.5, 0.6) is 0 Å². The van der Waals surface area contributed by atoms with Crippen molar-refractivity contribution >= 4 is 5.82 Å². The molecule has 0 saturated heterocycles. The first-order valence-corrected chi connectivity index (χ1v) is 7.75. The molecule has 1 aliphatic heterocycles. The Balaban J connectivity index is 1.89. The molecule has 1 saturated carbocycles. The molecule has 0 radical (unpaired) electrons. The summed E-state index contributed by atoms with van der Waals surface area (Å²) < 4.78 is 5.48. The minimum absolute atomic E-state index is 0.494. The SMILES string of the molecule is CCC1CCCC(c2nc3c(c(NN)n2)COCC3)C1. The van der Waals surface area contributed by atoms with Crippen molar-refractivity contribution in [2.75, 3.05) is 12.0 Å². The number of aromatic nitrogens is 2. The summed E-state index contributed by atoms with van der Waals surface area (Å²) in [5.74, 6) is 8.69. The van der Waals surface area contributed by atoms with E-state index < -0.39 is 0 Å². The van der Waals surface area contributed by atoms with Crippen molar-refractivity contribution in [3.63, 3.8) is 0 Å². The van der Waals surface area contributed by atoms with Crippen molar-refractivity contribution in [1.29, 1.82) is 0 Å². The highest BCUT2D eigenvalue weighted by atomic mass is 16.5. The lowest BCUT2D eigenvalue weighted by molar-refractivity contribution is 0.109. The van der Waals surface area contributed by atoms with Gasteiger partial charge in [-0.15, -0.1) is 0 Å². The zero-order valence-electron chi connectivity index (χ0n) is 12.2. The highest BCUT2D eigenvalue weighted by molar-refractivity contribution is 5.46. The molecule has 0 spiro atoms. The summed E-state index contributed by atoms with van der Waals surface area (Å²) in [5.41, 5.74) is 4.88. The summed E-state index contributed by atoms with van der Waals surface area (Å²) in [4.78, 5) is 9.50. The van der Waals surface area contributed by atoms with E-state index in [2.05, 4.69) is 17.3 Å². The number of nitrogens with zero attached hydrogens (tertiary/aromatic N) is 2. The molecule has 2 atom stereocenters. The lowest BCUT2D eigenvalue weighted by Gasteiger charge is -2.28. The molecule has 0 aromatic carbocycles. The topological polar surface area (TPSA) is 73.1 Å². The molecule has 110 valence electrons. The molecule has 5 heteroatoms. The second kappa shape index (κ2) is 6.06. The summed E-state index contributed by atoms with van der Waals surface area (Å²) in [6.07, 6.45) is 7.19. The molecule has 2 aliphatic rings. The molecule has 3 N–H and O–H groups in total. The number of hydrogen-bond acceptors (Lipinski definition) is 5. The fourth-order valence-electron chi connectivity index (χ4n) is 3.45. The summed E-state index contributed by atoms with van der Waals surface area (Å²) in [7, 11) is 0. The minimum atomic E-state index is 0.494. The van der Waals surface area contributed by atoms with Crippen LogP contribution in [-0.2, 0) is 17.8 Å². The number of hydrazine groups is 1. The Morgan fingerprint density at radius 1 is 1.35 bits per heavy atom. The first-order valence-electron chi connectivity index (χ1n) is 7.75. The Bertz CT molecular complexity index is 460. The van der Waals surface area contributed by atoms with Crippen LogP contribution in [-0.4, -0.2) is 16.6 Å². The van der Waals surface area contributed by atoms with Gasteiger partial charge in [-0.05, 0) is 18.8 Å². The van der Waals surface area contributed by atoms with Gasteiger partial charge in [0.2, 0.25) is 0 Å². The standard InChI is InChI=1S/C15H24N4O/c1-2-10-4-3-5-11(8-10)14-17-13-6-7-20-9-12(13)15(18-14)19-16/h10-11H,2-9,16H2,1H3,(H,17,18,19). The molecule has 1 aromatic rings. The molecule has 1 aliphatic carbocycles.